The molecular weight excluding hydrogens is 248 g/mol. The van der Waals surface area contributed by atoms with Crippen LogP contribution in [-0.2, 0) is 11.2 Å². The van der Waals surface area contributed by atoms with E-state index in [-0.39, 0.29) is 12.2 Å². The molecule has 0 aliphatic carbocycles. The first-order chi connectivity index (χ1) is 8.58. The highest BCUT2D eigenvalue weighted by molar-refractivity contribution is 7.16. The summed E-state index contributed by atoms with van der Waals surface area (Å²) in [7, 11) is 1.87. The maximum atomic E-state index is 11.9. The number of rotatable bonds is 4. The van der Waals surface area contributed by atoms with Gasteiger partial charge in [0.2, 0.25) is 0 Å². The Kier molecular flexibility index (Phi) is 3.92. The van der Waals surface area contributed by atoms with Crippen LogP contribution < -0.4 is 10.2 Å². The Labute approximate surface area is 112 Å². The maximum absolute atomic E-state index is 11.9. The second kappa shape index (κ2) is 5.28. The average molecular weight is 268 g/mol. The van der Waals surface area contributed by atoms with E-state index in [9.17, 15) is 4.79 Å². The van der Waals surface area contributed by atoms with Crippen LogP contribution in [-0.4, -0.2) is 32.3 Å². The number of hydrogen-bond donors (Lipinski definition) is 1. The number of aryl methyl sites for hydroxylation is 1. The monoisotopic (exact) mass is 268 g/mol. The molecule has 0 spiro atoms. The van der Waals surface area contributed by atoms with Crippen LogP contribution in [0.5, 0.6) is 0 Å². The number of carbonyl (C=O) groups is 1. The molecule has 5 heteroatoms. The van der Waals surface area contributed by atoms with Crippen molar-refractivity contribution in [3.05, 3.63) is 16.0 Å². The summed E-state index contributed by atoms with van der Waals surface area (Å²) in [5.74, 6) is 0. The molecule has 0 bridgehead atoms. The summed E-state index contributed by atoms with van der Waals surface area (Å²) >= 11 is 1.71. The molecule has 1 aliphatic heterocycles. The molecule has 2 heterocycles. The van der Waals surface area contributed by atoms with Crippen molar-refractivity contribution >= 4 is 22.4 Å². The van der Waals surface area contributed by atoms with Gasteiger partial charge in [-0.2, -0.15) is 0 Å². The third kappa shape index (κ3) is 2.24. The third-order valence-electron chi connectivity index (χ3n) is 3.39. The fraction of sp³-hybridized carbons (Fsp3) is 0.615. The molecule has 1 aromatic rings. The Bertz CT molecular complexity index is 456. The van der Waals surface area contributed by atoms with Crippen LogP contribution in [0.25, 0.3) is 0 Å². The molecule has 0 saturated carbocycles. The lowest BCUT2D eigenvalue weighted by Crippen LogP contribution is -2.28. The number of anilines is 1. The summed E-state index contributed by atoms with van der Waals surface area (Å²) in [6, 6.07) is 0. The van der Waals surface area contributed by atoms with E-state index in [0.29, 0.717) is 13.1 Å². The van der Waals surface area contributed by atoms with E-state index < -0.39 is 0 Å². The zero-order valence-electron chi connectivity index (χ0n) is 11.4. The van der Waals surface area contributed by atoms with E-state index in [1.807, 2.05) is 7.05 Å². The SMILES string of the molecule is CCc1sc(N2C[C@H](CNC)OC2=O)c(C)c1C. The number of ether oxygens (including phenoxy) is 1. The number of nitrogens with zero attached hydrogens (tertiary/aromatic N) is 1. The Morgan fingerprint density at radius 2 is 2.17 bits per heavy atom. The van der Waals surface area contributed by atoms with Crippen molar-refractivity contribution < 1.29 is 9.53 Å². The largest absolute Gasteiger partial charge is 0.443 e. The molecular formula is C13H20N2O2S. The predicted molar refractivity (Wildman–Crippen MR) is 74.7 cm³/mol. The van der Waals surface area contributed by atoms with Gasteiger partial charge in [0.1, 0.15) is 11.1 Å². The maximum Gasteiger partial charge on any atom is 0.415 e. The van der Waals surface area contributed by atoms with Crippen LogP contribution in [0.3, 0.4) is 0 Å². The van der Waals surface area contributed by atoms with E-state index in [1.165, 1.54) is 16.0 Å². The lowest BCUT2D eigenvalue weighted by molar-refractivity contribution is 0.141. The summed E-state index contributed by atoms with van der Waals surface area (Å²) < 4.78 is 5.34. The van der Waals surface area contributed by atoms with E-state index in [4.69, 9.17) is 4.74 Å². The first-order valence-corrected chi connectivity index (χ1v) is 7.11. The van der Waals surface area contributed by atoms with Gasteiger partial charge in [0.15, 0.2) is 0 Å². The molecule has 18 heavy (non-hydrogen) atoms. The van der Waals surface area contributed by atoms with E-state index in [2.05, 4.69) is 26.1 Å². The van der Waals surface area contributed by atoms with Crippen LogP contribution in [0.2, 0.25) is 0 Å². The summed E-state index contributed by atoms with van der Waals surface area (Å²) in [5, 5.41) is 4.09. The number of carbonyl (C=O) groups excluding carboxylic acids is 1. The highest BCUT2D eigenvalue weighted by atomic mass is 32.1. The van der Waals surface area contributed by atoms with Gasteiger partial charge in [-0.05, 0) is 38.4 Å². The van der Waals surface area contributed by atoms with Gasteiger partial charge in [-0.3, -0.25) is 4.90 Å². The second-order valence-electron chi connectivity index (χ2n) is 4.61. The number of hydrogen-bond acceptors (Lipinski definition) is 4. The topological polar surface area (TPSA) is 41.6 Å². The van der Waals surface area contributed by atoms with E-state index in [1.54, 1.807) is 16.2 Å². The minimum absolute atomic E-state index is 0.0469. The summed E-state index contributed by atoms with van der Waals surface area (Å²) in [5.41, 5.74) is 2.52. The molecule has 1 aromatic heterocycles. The molecule has 1 aliphatic rings. The minimum Gasteiger partial charge on any atom is -0.443 e. The van der Waals surface area contributed by atoms with Crippen LogP contribution in [0.4, 0.5) is 9.80 Å². The number of amides is 1. The van der Waals surface area contributed by atoms with Crippen LogP contribution >= 0.6 is 11.3 Å². The molecule has 1 fully saturated rings. The van der Waals surface area contributed by atoms with Crippen molar-refractivity contribution in [3.8, 4) is 0 Å². The van der Waals surface area contributed by atoms with Gasteiger partial charge in [-0.15, -0.1) is 11.3 Å². The van der Waals surface area contributed by atoms with Crippen molar-refractivity contribution in [3.63, 3.8) is 0 Å². The van der Waals surface area contributed by atoms with Crippen molar-refractivity contribution in [2.45, 2.75) is 33.3 Å². The predicted octanol–water partition coefficient (Wildman–Crippen LogP) is 2.47. The standard InChI is InChI=1S/C13H20N2O2S/c1-5-11-8(2)9(3)12(18-11)15-7-10(6-14-4)17-13(15)16/h10,14H,5-7H2,1-4H3/t10-/m0/s1. The Morgan fingerprint density at radius 1 is 1.44 bits per heavy atom. The molecule has 2 rings (SSSR count). The first-order valence-electron chi connectivity index (χ1n) is 6.30. The van der Waals surface area contributed by atoms with Crippen LogP contribution in [0.15, 0.2) is 0 Å². The molecule has 0 radical (unpaired) electrons. The van der Waals surface area contributed by atoms with Crippen molar-refractivity contribution in [1.82, 2.24) is 5.32 Å². The third-order valence-corrected chi connectivity index (χ3v) is 4.95. The van der Waals surface area contributed by atoms with E-state index in [0.717, 1.165) is 11.4 Å². The second-order valence-corrected chi connectivity index (χ2v) is 5.69. The summed E-state index contributed by atoms with van der Waals surface area (Å²) in [4.78, 5) is 15.0. The van der Waals surface area contributed by atoms with Gasteiger partial charge in [-0.25, -0.2) is 4.79 Å². The van der Waals surface area contributed by atoms with Crippen LogP contribution in [0.1, 0.15) is 22.9 Å². The Morgan fingerprint density at radius 3 is 2.72 bits per heavy atom. The van der Waals surface area contributed by atoms with Gasteiger partial charge in [0.05, 0.1) is 6.54 Å². The molecule has 1 saturated heterocycles. The van der Waals surface area contributed by atoms with Crippen LogP contribution in [0, 0.1) is 13.8 Å². The van der Waals surface area contributed by atoms with Crippen molar-refractivity contribution in [2.24, 2.45) is 0 Å². The fourth-order valence-electron chi connectivity index (χ4n) is 2.26. The quantitative estimate of drug-likeness (QED) is 0.912. The lowest BCUT2D eigenvalue weighted by atomic mass is 10.1. The zero-order chi connectivity index (χ0) is 13.3. The smallest absolute Gasteiger partial charge is 0.415 e. The van der Waals surface area contributed by atoms with Gasteiger partial charge < -0.3 is 10.1 Å². The fourth-order valence-corrected chi connectivity index (χ4v) is 3.50. The summed E-state index contributed by atoms with van der Waals surface area (Å²) in [6.45, 7) is 7.70. The number of cyclic esters (lactones) is 1. The van der Waals surface area contributed by atoms with Crippen molar-refractivity contribution in [2.75, 3.05) is 25.0 Å². The molecule has 1 amide bonds. The highest BCUT2D eigenvalue weighted by Crippen LogP contribution is 2.37. The Hall–Kier alpha value is -1.07. The van der Waals surface area contributed by atoms with Gasteiger partial charge in [0.25, 0.3) is 0 Å². The van der Waals surface area contributed by atoms with Gasteiger partial charge in [-0.1, -0.05) is 6.92 Å². The number of thiophene rings is 1. The first kappa shape index (κ1) is 13.4. The highest BCUT2D eigenvalue weighted by Gasteiger charge is 2.34. The summed E-state index contributed by atoms with van der Waals surface area (Å²) in [6.07, 6.45) is 0.747. The molecule has 0 unspecified atom stereocenters. The molecule has 100 valence electrons. The average Bonchev–Trinajstić information content (AvgIpc) is 2.83. The normalized spacial score (nSPS) is 19.4. The zero-order valence-corrected chi connectivity index (χ0v) is 12.2. The molecule has 1 N–H and O–H groups in total. The van der Waals surface area contributed by atoms with E-state index >= 15 is 0 Å². The molecule has 0 aromatic carbocycles. The number of nitrogens with one attached hydrogen (secondary N) is 1. The van der Waals surface area contributed by atoms with Crippen molar-refractivity contribution in [1.29, 1.82) is 0 Å². The lowest BCUT2D eigenvalue weighted by Gasteiger charge is -2.11. The molecule has 1 atom stereocenters. The number of likely N-dealkylation sites (N-methyl/N-ethyl adjacent to an activating group) is 1. The van der Waals surface area contributed by atoms with Gasteiger partial charge >= 0.3 is 6.09 Å². The molecule has 4 nitrogen and oxygen atoms in total. The van der Waals surface area contributed by atoms with Gasteiger partial charge in [0, 0.05) is 11.4 Å². The minimum atomic E-state index is -0.220. The Balaban J connectivity index is 2.24.